The standard InChI is InChI=1S/C27H26Cl2N2O2/c1-2-17-16-31-13-11-18(17)14-25(31)27(20-10-12-30-24-9-4-3-6-19(20)24)33-26(32)15-21-22(28)7-5-8-23(21)29/h2-10,12,17-18,25,27H,1,11,13-16H2. The Bertz CT molecular complexity index is 1170. The normalized spacial score (nSPS) is 25.0. The van der Waals surface area contributed by atoms with Gasteiger partial charge in [0.15, 0.2) is 0 Å². The molecule has 0 amide bonds. The van der Waals surface area contributed by atoms with Gasteiger partial charge >= 0.3 is 5.97 Å². The fourth-order valence-corrected chi connectivity index (χ4v) is 5.97. The number of carbonyl (C=O) groups is 1. The predicted molar refractivity (Wildman–Crippen MR) is 133 cm³/mol. The molecule has 0 radical (unpaired) electrons. The van der Waals surface area contributed by atoms with Gasteiger partial charge in [-0.3, -0.25) is 14.7 Å². The molecule has 3 aliphatic rings. The molecule has 0 aliphatic carbocycles. The zero-order valence-corrected chi connectivity index (χ0v) is 19.8. The molecule has 0 N–H and O–H groups in total. The molecule has 6 heteroatoms. The molecule has 0 spiro atoms. The van der Waals surface area contributed by atoms with E-state index in [0.29, 0.717) is 27.4 Å². The molecule has 4 nitrogen and oxygen atoms in total. The fraction of sp³-hybridized carbons (Fsp3) is 0.333. The van der Waals surface area contributed by atoms with E-state index in [0.717, 1.165) is 42.4 Å². The summed E-state index contributed by atoms with van der Waals surface area (Å²) < 4.78 is 6.27. The molecule has 3 saturated heterocycles. The molecule has 4 heterocycles. The van der Waals surface area contributed by atoms with Gasteiger partial charge in [-0.15, -0.1) is 6.58 Å². The Morgan fingerprint density at radius 3 is 2.70 bits per heavy atom. The Hall–Kier alpha value is -2.40. The molecule has 2 bridgehead atoms. The van der Waals surface area contributed by atoms with Crippen molar-refractivity contribution in [3.8, 4) is 0 Å². The van der Waals surface area contributed by atoms with Crippen molar-refractivity contribution >= 4 is 40.1 Å². The smallest absolute Gasteiger partial charge is 0.311 e. The number of rotatable bonds is 6. The van der Waals surface area contributed by atoms with Crippen LogP contribution in [0.4, 0.5) is 0 Å². The van der Waals surface area contributed by atoms with E-state index in [9.17, 15) is 4.79 Å². The molecule has 3 aliphatic heterocycles. The van der Waals surface area contributed by atoms with Crippen LogP contribution in [-0.2, 0) is 16.0 Å². The highest BCUT2D eigenvalue weighted by molar-refractivity contribution is 6.36. The molecule has 0 saturated carbocycles. The van der Waals surface area contributed by atoms with E-state index in [4.69, 9.17) is 27.9 Å². The largest absolute Gasteiger partial charge is 0.456 e. The lowest BCUT2D eigenvalue weighted by Crippen LogP contribution is -2.55. The number of ether oxygens (including phenoxy) is 1. The van der Waals surface area contributed by atoms with Crippen molar-refractivity contribution in [2.24, 2.45) is 11.8 Å². The maximum Gasteiger partial charge on any atom is 0.311 e. The van der Waals surface area contributed by atoms with Crippen LogP contribution in [0.1, 0.15) is 30.1 Å². The van der Waals surface area contributed by atoms with Crippen LogP contribution in [0.5, 0.6) is 0 Å². The van der Waals surface area contributed by atoms with E-state index < -0.39 is 6.10 Å². The van der Waals surface area contributed by atoms with Crippen molar-refractivity contribution in [2.45, 2.75) is 31.4 Å². The number of pyridine rings is 1. The summed E-state index contributed by atoms with van der Waals surface area (Å²) in [6.07, 6.45) is 5.63. The molecule has 3 fully saturated rings. The molecule has 33 heavy (non-hydrogen) atoms. The third kappa shape index (κ3) is 4.40. The second-order valence-electron chi connectivity index (χ2n) is 8.95. The molecule has 5 atom stereocenters. The number of benzene rings is 2. The van der Waals surface area contributed by atoms with Crippen LogP contribution in [0.25, 0.3) is 10.9 Å². The molecule has 2 aromatic carbocycles. The van der Waals surface area contributed by atoms with E-state index in [1.165, 1.54) is 0 Å². The van der Waals surface area contributed by atoms with Crippen molar-refractivity contribution in [3.05, 3.63) is 88.6 Å². The first-order valence-electron chi connectivity index (χ1n) is 11.4. The van der Waals surface area contributed by atoms with E-state index in [2.05, 4.69) is 22.5 Å². The topological polar surface area (TPSA) is 42.4 Å². The third-order valence-corrected chi connectivity index (χ3v) is 7.84. The van der Waals surface area contributed by atoms with Gasteiger partial charge in [-0.05, 0) is 55.5 Å². The summed E-state index contributed by atoms with van der Waals surface area (Å²) in [5.74, 6) is 0.714. The second kappa shape index (κ2) is 9.46. The van der Waals surface area contributed by atoms with Gasteiger partial charge in [0.05, 0.1) is 18.0 Å². The highest BCUT2D eigenvalue weighted by atomic mass is 35.5. The average molecular weight is 481 g/mol. The SMILES string of the molecule is C=CC1CN2CCC1CC2C(OC(=O)Cc1c(Cl)cccc1Cl)c1ccnc2ccccc12. The Balaban J connectivity index is 1.49. The minimum absolute atomic E-state index is 0.0312. The van der Waals surface area contributed by atoms with Crippen molar-refractivity contribution in [3.63, 3.8) is 0 Å². The number of aromatic nitrogens is 1. The summed E-state index contributed by atoms with van der Waals surface area (Å²) >= 11 is 12.6. The number of piperidine rings is 3. The molecule has 1 aromatic heterocycles. The summed E-state index contributed by atoms with van der Waals surface area (Å²) in [6, 6.07) is 15.4. The number of esters is 1. The number of fused-ring (bicyclic) bond motifs is 4. The zero-order chi connectivity index (χ0) is 22.9. The van der Waals surface area contributed by atoms with Crippen LogP contribution < -0.4 is 0 Å². The number of halogens is 2. The van der Waals surface area contributed by atoms with Crippen LogP contribution in [0.3, 0.4) is 0 Å². The molecular formula is C27H26Cl2N2O2. The van der Waals surface area contributed by atoms with Crippen molar-refractivity contribution in [1.29, 1.82) is 0 Å². The first kappa shape index (κ1) is 22.4. The van der Waals surface area contributed by atoms with Crippen LogP contribution in [0.2, 0.25) is 10.0 Å². The Labute approximate surface area is 204 Å². The highest BCUT2D eigenvalue weighted by Gasteiger charge is 2.44. The van der Waals surface area contributed by atoms with Gasteiger partial charge in [0, 0.05) is 39.3 Å². The molecule has 6 rings (SSSR count). The minimum Gasteiger partial charge on any atom is -0.456 e. The Kier molecular flexibility index (Phi) is 6.42. The Morgan fingerprint density at radius 1 is 1.18 bits per heavy atom. The molecule has 5 unspecified atom stereocenters. The zero-order valence-electron chi connectivity index (χ0n) is 18.3. The molecular weight excluding hydrogens is 455 g/mol. The van der Waals surface area contributed by atoms with Gasteiger partial charge in [0.25, 0.3) is 0 Å². The summed E-state index contributed by atoms with van der Waals surface area (Å²) in [6.45, 7) is 6.00. The first-order chi connectivity index (χ1) is 16.0. The van der Waals surface area contributed by atoms with Crippen LogP contribution in [0.15, 0.2) is 67.4 Å². The van der Waals surface area contributed by atoms with Crippen LogP contribution in [0, 0.1) is 11.8 Å². The van der Waals surface area contributed by atoms with E-state index in [1.54, 1.807) is 24.4 Å². The number of nitrogens with zero attached hydrogens (tertiary/aromatic N) is 2. The monoisotopic (exact) mass is 480 g/mol. The molecule has 3 aromatic rings. The number of hydrogen-bond donors (Lipinski definition) is 0. The van der Waals surface area contributed by atoms with Gasteiger partial charge in [0.1, 0.15) is 6.10 Å². The van der Waals surface area contributed by atoms with Gasteiger partial charge in [-0.2, -0.15) is 0 Å². The Morgan fingerprint density at radius 2 is 1.97 bits per heavy atom. The third-order valence-electron chi connectivity index (χ3n) is 7.13. The minimum atomic E-state index is -0.403. The summed E-state index contributed by atoms with van der Waals surface area (Å²) in [5, 5.41) is 1.95. The van der Waals surface area contributed by atoms with Crippen LogP contribution in [-0.4, -0.2) is 35.0 Å². The first-order valence-corrected chi connectivity index (χ1v) is 12.1. The van der Waals surface area contributed by atoms with Gasteiger partial charge in [-0.25, -0.2) is 0 Å². The van der Waals surface area contributed by atoms with E-state index >= 15 is 0 Å². The van der Waals surface area contributed by atoms with E-state index in [-0.39, 0.29) is 18.4 Å². The van der Waals surface area contributed by atoms with Crippen LogP contribution >= 0.6 is 23.2 Å². The van der Waals surface area contributed by atoms with Crippen molar-refractivity contribution in [1.82, 2.24) is 9.88 Å². The lowest BCUT2D eigenvalue weighted by Gasteiger charge is -2.51. The van der Waals surface area contributed by atoms with Gasteiger partial charge in [-0.1, -0.05) is 53.5 Å². The maximum absolute atomic E-state index is 13.2. The summed E-state index contributed by atoms with van der Waals surface area (Å²) in [4.78, 5) is 20.2. The van der Waals surface area contributed by atoms with Crippen molar-refractivity contribution in [2.75, 3.05) is 13.1 Å². The lowest BCUT2D eigenvalue weighted by molar-refractivity contribution is -0.156. The average Bonchev–Trinajstić information content (AvgIpc) is 2.85. The number of para-hydroxylation sites is 1. The lowest BCUT2D eigenvalue weighted by atomic mass is 9.73. The number of hydrogen-bond acceptors (Lipinski definition) is 4. The summed E-state index contributed by atoms with van der Waals surface area (Å²) in [5.41, 5.74) is 2.48. The van der Waals surface area contributed by atoms with Gasteiger partial charge in [0.2, 0.25) is 0 Å². The molecule has 170 valence electrons. The maximum atomic E-state index is 13.2. The van der Waals surface area contributed by atoms with Crippen molar-refractivity contribution < 1.29 is 9.53 Å². The quantitative estimate of drug-likeness (QED) is 0.308. The predicted octanol–water partition coefficient (Wildman–Crippen LogP) is 6.27. The summed E-state index contributed by atoms with van der Waals surface area (Å²) in [7, 11) is 0. The fourth-order valence-electron chi connectivity index (χ4n) is 5.44. The second-order valence-corrected chi connectivity index (χ2v) is 9.77. The van der Waals surface area contributed by atoms with Gasteiger partial charge < -0.3 is 4.74 Å². The number of carbonyl (C=O) groups excluding carboxylic acids is 1. The highest BCUT2D eigenvalue weighted by Crippen LogP contribution is 2.43. The van der Waals surface area contributed by atoms with E-state index in [1.807, 2.05) is 30.3 Å².